The fourth-order valence-corrected chi connectivity index (χ4v) is 3.98. The molecule has 2 atom stereocenters. The summed E-state index contributed by atoms with van der Waals surface area (Å²) in [5, 5.41) is 8.38. The Morgan fingerprint density at radius 1 is 1.25 bits per heavy atom. The third-order valence-electron chi connectivity index (χ3n) is 4.46. The Balaban J connectivity index is 0.000000646. The van der Waals surface area contributed by atoms with Gasteiger partial charge in [0.1, 0.15) is 12.1 Å². The highest BCUT2D eigenvalue weighted by atomic mass is 79.9. The number of terminal acetylenes is 1. The molecular formula is C24H25BrClF2NO3. The van der Waals surface area contributed by atoms with Gasteiger partial charge in [0.2, 0.25) is 5.91 Å². The van der Waals surface area contributed by atoms with E-state index in [0.717, 1.165) is 0 Å². The first-order valence-electron chi connectivity index (χ1n) is 9.56. The first-order valence-corrected chi connectivity index (χ1v) is 10.7. The van der Waals surface area contributed by atoms with Crippen molar-refractivity contribution in [3.8, 4) is 12.8 Å². The SMILES string of the molecule is C#C.CC(C)(C)O.CN1C(=O)C2C=CC(F)=CC2C(c2ccc(Br)c(F)c2Cl)=C1CC=O. The van der Waals surface area contributed by atoms with E-state index in [1.54, 1.807) is 33.9 Å². The van der Waals surface area contributed by atoms with Gasteiger partial charge in [0.25, 0.3) is 0 Å². The quantitative estimate of drug-likeness (QED) is 0.311. The molecule has 8 heteroatoms. The molecule has 0 saturated heterocycles. The molecule has 1 heterocycles. The second-order valence-corrected chi connectivity index (χ2v) is 9.22. The van der Waals surface area contributed by atoms with Gasteiger partial charge in [-0.25, -0.2) is 8.78 Å². The first-order chi connectivity index (χ1) is 14.9. The molecular weight excluding hydrogens is 504 g/mol. The van der Waals surface area contributed by atoms with E-state index in [-0.39, 0.29) is 21.8 Å². The molecule has 172 valence electrons. The van der Waals surface area contributed by atoms with Crippen LogP contribution in [-0.4, -0.2) is 34.8 Å². The Bertz CT molecular complexity index is 987. The van der Waals surface area contributed by atoms with Crippen molar-refractivity contribution in [2.24, 2.45) is 11.8 Å². The van der Waals surface area contributed by atoms with Gasteiger partial charge in [0, 0.05) is 30.6 Å². The molecule has 0 fully saturated rings. The van der Waals surface area contributed by atoms with Gasteiger partial charge in [-0.1, -0.05) is 23.7 Å². The Labute approximate surface area is 200 Å². The van der Waals surface area contributed by atoms with Crippen molar-refractivity contribution in [1.82, 2.24) is 4.90 Å². The monoisotopic (exact) mass is 527 g/mol. The molecule has 1 N–H and O–H groups in total. The summed E-state index contributed by atoms with van der Waals surface area (Å²) in [5.41, 5.74) is 0.715. The van der Waals surface area contributed by atoms with E-state index in [2.05, 4.69) is 28.8 Å². The van der Waals surface area contributed by atoms with Gasteiger partial charge in [0.15, 0.2) is 5.82 Å². The Kier molecular flexibility index (Phi) is 10.0. The molecule has 0 radical (unpaired) electrons. The largest absolute Gasteiger partial charge is 0.391 e. The number of nitrogens with zero attached hydrogens (tertiary/aromatic N) is 1. The minimum atomic E-state index is -0.651. The molecule has 3 rings (SSSR count). The van der Waals surface area contributed by atoms with Crippen LogP contribution in [0.5, 0.6) is 0 Å². The molecule has 1 aromatic carbocycles. The normalized spacial score (nSPS) is 19.8. The maximum atomic E-state index is 14.3. The van der Waals surface area contributed by atoms with Gasteiger partial charge in [-0.05, 0) is 60.5 Å². The number of hydrogen-bond donors (Lipinski definition) is 1. The predicted molar refractivity (Wildman–Crippen MR) is 127 cm³/mol. The molecule has 0 bridgehead atoms. The molecule has 2 unspecified atom stereocenters. The van der Waals surface area contributed by atoms with E-state index in [0.29, 0.717) is 23.1 Å². The van der Waals surface area contributed by atoms with Crippen molar-refractivity contribution >= 4 is 45.3 Å². The lowest BCUT2D eigenvalue weighted by molar-refractivity contribution is -0.132. The Hall–Kier alpha value is -2.27. The standard InChI is InChI=1S/C18H13BrClF2NO2.C4H10O.C2H2/c1-23-14(6-7-24)15(11-4-5-13(19)17(22)16(11)20)12-8-9(21)2-3-10(12)18(23)25;1-4(2,3)5;1-2/h2-5,7-8,10,12H,6H2,1H3;5H,1-3H3;1-2H. The van der Waals surface area contributed by atoms with Gasteiger partial charge in [-0.15, -0.1) is 12.8 Å². The summed E-state index contributed by atoms with van der Waals surface area (Å²) in [5.74, 6) is -2.67. The molecule has 1 aliphatic heterocycles. The summed E-state index contributed by atoms with van der Waals surface area (Å²) in [6.07, 6.45) is 12.6. The topological polar surface area (TPSA) is 57.6 Å². The molecule has 0 spiro atoms. The van der Waals surface area contributed by atoms with E-state index in [1.807, 2.05) is 0 Å². The number of carbonyl (C=O) groups excluding carboxylic acids is 2. The number of aliphatic hydroxyl groups is 1. The van der Waals surface area contributed by atoms with Crippen LogP contribution in [0.15, 0.2) is 46.4 Å². The van der Waals surface area contributed by atoms with Crippen LogP contribution >= 0.6 is 27.5 Å². The highest BCUT2D eigenvalue weighted by Crippen LogP contribution is 2.46. The zero-order chi connectivity index (χ0) is 24.8. The van der Waals surface area contributed by atoms with Gasteiger partial charge in [-0.3, -0.25) is 4.79 Å². The van der Waals surface area contributed by atoms with Crippen LogP contribution in [-0.2, 0) is 9.59 Å². The van der Waals surface area contributed by atoms with Crippen LogP contribution in [0.25, 0.3) is 5.57 Å². The van der Waals surface area contributed by atoms with E-state index >= 15 is 0 Å². The molecule has 2 aliphatic rings. The maximum absolute atomic E-state index is 14.3. The molecule has 4 nitrogen and oxygen atoms in total. The third-order valence-corrected chi connectivity index (χ3v) is 5.44. The number of benzene rings is 1. The fraction of sp³-hybridized carbons (Fsp3) is 0.333. The minimum Gasteiger partial charge on any atom is -0.391 e. The molecule has 1 aromatic rings. The minimum absolute atomic E-state index is 0.0615. The van der Waals surface area contributed by atoms with Crippen LogP contribution in [0.4, 0.5) is 8.78 Å². The number of aldehydes is 1. The number of fused-ring (bicyclic) bond motifs is 1. The van der Waals surface area contributed by atoms with Crippen molar-refractivity contribution in [3.63, 3.8) is 0 Å². The highest BCUT2D eigenvalue weighted by molar-refractivity contribution is 9.10. The summed E-state index contributed by atoms with van der Waals surface area (Å²) in [4.78, 5) is 25.1. The van der Waals surface area contributed by atoms with Gasteiger partial charge in [0.05, 0.1) is 21.0 Å². The summed E-state index contributed by atoms with van der Waals surface area (Å²) < 4.78 is 28.3. The van der Waals surface area contributed by atoms with Crippen LogP contribution in [0.1, 0.15) is 32.8 Å². The van der Waals surface area contributed by atoms with Gasteiger partial charge < -0.3 is 14.8 Å². The fourth-order valence-electron chi connectivity index (χ4n) is 3.27. The van der Waals surface area contributed by atoms with Crippen LogP contribution in [0.2, 0.25) is 5.02 Å². The zero-order valence-electron chi connectivity index (χ0n) is 18.2. The number of amides is 1. The summed E-state index contributed by atoms with van der Waals surface area (Å²) in [6, 6.07) is 3.09. The number of rotatable bonds is 3. The second-order valence-electron chi connectivity index (χ2n) is 7.98. The van der Waals surface area contributed by atoms with E-state index in [4.69, 9.17) is 16.7 Å². The van der Waals surface area contributed by atoms with Gasteiger partial charge in [-0.2, -0.15) is 0 Å². The zero-order valence-corrected chi connectivity index (χ0v) is 20.5. The lowest BCUT2D eigenvalue weighted by atomic mass is 9.75. The molecule has 0 saturated carbocycles. The van der Waals surface area contributed by atoms with E-state index in [1.165, 1.54) is 29.2 Å². The van der Waals surface area contributed by atoms with Crippen molar-refractivity contribution in [2.45, 2.75) is 32.8 Å². The summed E-state index contributed by atoms with van der Waals surface area (Å²) in [6.45, 7) is 5.23. The van der Waals surface area contributed by atoms with E-state index < -0.39 is 29.1 Å². The smallest absolute Gasteiger partial charge is 0.234 e. The average Bonchev–Trinajstić information content (AvgIpc) is 2.71. The summed E-state index contributed by atoms with van der Waals surface area (Å²) in [7, 11) is 1.54. The number of halogens is 4. The summed E-state index contributed by atoms with van der Waals surface area (Å²) >= 11 is 9.26. The molecule has 32 heavy (non-hydrogen) atoms. The van der Waals surface area contributed by atoms with Crippen LogP contribution in [0, 0.1) is 30.5 Å². The average molecular weight is 529 g/mol. The second kappa shape index (κ2) is 11.6. The molecule has 0 aromatic heterocycles. The predicted octanol–water partition coefficient (Wildman–Crippen LogP) is 5.70. The number of allylic oxidation sites excluding steroid dienone is 5. The van der Waals surface area contributed by atoms with Crippen molar-refractivity contribution in [2.75, 3.05) is 7.05 Å². The third kappa shape index (κ3) is 6.61. The number of hydrogen-bond acceptors (Lipinski definition) is 3. The van der Waals surface area contributed by atoms with Crippen LogP contribution < -0.4 is 0 Å². The van der Waals surface area contributed by atoms with Crippen LogP contribution in [0.3, 0.4) is 0 Å². The van der Waals surface area contributed by atoms with E-state index in [9.17, 15) is 18.4 Å². The maximum Gasteiger partial charge on any atom is 0.234 e. The van der Waals surface area contributed by atoms with Crippen molar-refractivity contribution < 1.29 is 23.5 Å². The van der Waals surface area contributed by atoms with Gasteiger partial charge >= 0.3 is 0 Å². The number of carbonyl (C=O) groups is 2. The lowest BCUT2D eigenvalue weighted by Crippen LogP contribution is -2.41. The Morgan fingerprint density at radius 2 is 1.81 bits per heavy atom. The van der Waals surface area contributed by atoms with Crippen molar-refractivity contribution in [1.29, 1.82) is 0 Å². The lowest BCUT2D eigenvalue weighted by Gasteiger charge is -2.38. The first kappa shape index (κ1) is 27.8. The molecule has 1 aliphatic carbocycles. The molecule has 1 amide bonds. The Morgan fingerprint density at radius 3 is 2.34 bits per heavy atom. The van der Waals surface area contributed by atoms with Crippen molar-refractivity contribution in [3.05, 3.63) is 62.8 Å². The highest BCUT2D eigenvalue weighted by Gasteiger charge is 2.40.